The van der Waals surface area contributed by atoms with E-state index in [1.54, 1.807) is 6.07 Å². The maximum atomic E-state index is 12.8. The molecule has 12 heavy (non-hydrogen) atoms. The molecule has 0 aliphatic rings. The molecule has 2 nitrogen and oxygen atoms in total. The normalized spacial score (nSPS) is 10.7. The summed E-state index contributed by atoms with van der Waals surface area (Å²) in [4.78, 5) is 1.94. The molecule has 0 amide bonds. The van der Waals surface area contributed by atoms with Crippen LogP contribution in [0.5, 0.6) is 5.75 Å². The molecule has 3 heteroatoms. The average Bonchev–Trinajstić information content (AvgIpc) is 1.96. The molecule has 0 bridgehead atoms. The van der Waals surface area contributed by atoms with Gasteiger partial charge in [0.15, 0.2) is 11.6 Å². The molecule has 0 saturated carbocycles. The lowest BCUT2D eigenvalue weighted by Gasteiger charge is -2.09. The molecule has 0 heterocycles. The Labute approximate surface area is 71.2 Å². The van der Waals surface area contributed by atoms with Gasteiger partial charge in [0.25, 0.3) is 0 Å². The van der Waals surface area contributed by atoms with Crippen LogP contribution in [-0.4, -0.2) is 24.1 Å². The van der Waals surface area contributed by atoms with E-state index in [-0.39, 0.29) is 5.75 Å². The van der Waals surface area contributed by atoms with Crippen molar-refractivity contribution >= 4 is 0 Å². The van der Waals surface area contributed by atoms with Gasteiger partial charge in [0, 0.05) is 6.54 Å². The first-order valence-electron chi connectivity index (χ1n) is 3.71. The van der Waals surface area contributed by atoms with Crippen molar-refractivity contribution in [1.29, 1.82) is 0 Å². The Kier molecular flexibility index (Phi) is 2.65. The molecule has 1 aromatic rings. The van der Waals surface area contributed by atoms with Gasteiger partial charge in [0.05, 0.1) is 0 Å². The summed E-state index contributed by atoms with van der Waals surface area (Å²) in [5.41, 5.74) is 0.857. The number of phenolic OH excluding ortho intramolecular Hbond substituents is 1. The Morgan fingerprint density at radius 3 is 2.58 bits per heavy atom. The zero-order valence-corrected chi connectivity index (χ0v) is 7.21. The van der Waals surface area contributed by atoms with E-state index in [9.17, 15) is 4.39 Å². The Morgan fingerprint density at radius 1 is 1.42 bits per heavy atom. The third-order valence-electron chi connectivity index (χ3n) is 1.51. The minimum Gasteiger partial charge on any atom is -0.505 e. The van der Waals surface area contributed by atoms with Gasteiger partial charge in [-0.3, -0.25) is 0 Å². The summed E-state index contributed by atoms with van der Waals surface area (Å²) < 4.78 is 12.8. The van der Waals surface area contributed by atoms with Gasteiger partial charge in [-0.15, -0.1) is 0 Å². The van der Waals surface area contributed by atoms with E-state index in [1.807, 2.05) is 19.0 Å². The van der Waals surface area contributed by atoms with E-state index in [0.29, 0.717) is 6.54 Å². The molecule has 0 aromatic heterocycles. The van der Waals surface area contributed by atoms with Crippen molar-refractivity contribution in [3.05, 3.63) is 29.6 Å². The quantitative estimate of drug-likeness (QED) is 0.726. The molecule has 1 aromatic carbocycles. The molecular formula is C9H12FNO. The lowest BCUT2D eigenvalue weighted by Crippen LogP contribution is -2.10. The number of nitrogens with zero attached hydrogens (tertiary/aromatic N) is 1. The van der Waals surface area contributed by atoms with Crippen LogP contribution < -0.4 is 0 Å². The summed E-state index contributed by atoms with van der Waals surface area (Å²) in [5, 5.41) is 8.89. The second kappa shape index (κ2) is 3.54. The van der Waals surface area contributed by atoms with Crippen LogP contribution in [0.2, 0.25) is 0 Å². The molecule has 0 fully saturated rings. The summed E-state index contributed by atoms with van der Waals surface area (Å²) in [7, 11) is 3.82. The van der Waals surface area contributed by atoms with Crippen LogP contribution in [0.4, 0.5) is 4.39 Å². The molecule has 1 N–H and O–H groups in total. The zero-order valence-electron chi connectivity index (χ0n) is 7.21. The molecule has 66 valence electrons. The van der Waals surface area contributed by atoms with Crippen molar-refractivity contribution in [1.82, 2.24) is 4.90 Å². The van der Waals surface area contributed by atoms with Crippen molar-refractivity contribution in [3.8, 4) is 5.75 Å². The fraction of sp³-hybridized carbons (Fsp3) is 0.333. The molecular weight excluding hydrogens is 157 g/mol. The van der Waals surface area contributed by atoms with Crippen LogP contribution in [0.1, 0.15) is 5.56 Å². The van der Waals surface area contributed by atoms with Gasteiger partial charge in [-0.1, -0.05) is 6.07 Å². The topological polar surface area (TPSA) is 23.5 Å². The van der Waals surface area contributed by atoms with Gasteiger partial charge in [-0.2, -0.15) is 0 Å². The first kappa shape index (κ1) is 9.00. The minimum absolute atomic E-state index is 0.294. The summed E-state index contributed by atoms with van der Waals surface area (Å²) >= 11 is 0. The van der Waals surface area contributed by atoms with Gasteiger partial charge in [-0.25, -0.2) is 4.39 Å². The van der Waals surface area contributed by atoms with Crippen LogP contribution in [0.15, 0.2) is 18.2 Å². The van der Waals surface area contributed by atoms with Crippen LogP contribution in [0.3, 0.4) is 0 Å². The van der Waals surface area contributed by atoms with E-state index in [2.05, 4.69) is 0 Å². The van der Waals surface area contributed by atoms with E-state index in [1.165, 1.54) is 12.1 Å². The molecule has 0 radical (unpaired) electrons. The number of halogens is 1. The van der Waals surface area contributed by atoms with Gasteiger partial charge in [-0.05, 0) is 31.8 Å². The molecule has 0 unspecified atom stereocenters. The average molecular weight is 169 g/mol. The number of benzene rings is 1. The summed E-state index contributed by atoms with van der Waals surface area (Å²) in [6, 6.07) is 4.42. The lowest BCUT2D eigenvalue weighted by molar-refractivity contribution is 0.397. The third kappa shape index (κ3) is 2.20. The lowest BCUT2D eigenvalue weighted by atomic mass is 10.2. The predicted molar refractivity (Wildman–Crippen MR) is 45.5 cm³/mol. The third-order valence-corrected chi connectivity index (χ3v) is 1.51. The molecule has 0 aliphatic heterocycles. The fourth-order valence-electron chi connectivity index (χ4n) is 1.01. The molecule has 1 rings (SSSR count). The molecule has 0 aliphatic carbocycles. The van der Waals surface area contributed by atoms with Crippen molar-refractivity contribution < 1.29 is 9.50 Å². The summed E-state index contributed by atoms with van der Waals surface area (Å²) in [6.45, 7) is 0.678. The van der Waals surface area contributed by atoms with Crippen molar-refractivity contribution in [2.45, 2.75) is 6.54 Å². The van der Waals surface area contributed by atoms with E-state index >= 15 is 0 Å². The second-order valence-electron chi connectivity index (χ2n) is 3.02. The molecule has 0 atom stereocenters. The van der Waals surface area contributed by atoms with Crippen LogP contribution in [0, 0.1) is 5.82 Å². The molecule has 0 saturated heterocycles. The smallest absolute Gasteiger partial charge is 0.165 e. The number of rotatable bonds is 2. The van der Waals surface area contributed by atoms with Gasteiger partial charge in [0.1, 0.15) is 0 Å². The first-order chi connectivity index (χ1) is 5.59. The van der Waals surface area contributed by atoms with Gasteiger partial charge >= 0.3 is 0 Å². The summed E-state index contributed by atoms with van der Waals surface area (Å²) in [5.74, 6) is -0.855. The maximum absolute atomic E-state index is 12.8. The Hall–Kier alpha value is -1.09. The predicted octanol–water partition coefficient (Wildman–Crippen LogP) is 1.59. The highest BCUT2D eigenvalue weighted by atomic mass is 19.1. The number of phenols is 1. The van der Waals surface area contributed by atoms with E-state index in [0.717, 1.165) is 5.56 Å². The van der Waals surface area contributed by atoms with Gasteiger partial charge in [0.2, 0.25) is 0 Å². The first-order valence-corrected chi connectivity index (χ1v) is 3.71. The maximum Gasteiger partial charge on any atom is 0.165 e. The highest BCUT2D eigenvalue weighted by Gasteiger charge is 2.01. The highest BCUT2D eigenvalue weighted by Crippen LogP contribution is 2.16. The zero-order chi connectivity index (χ0) is 9.14. The summed E-state index contributed by atoms with van der Waals surface area (Å²) in [6.07, 6.45) is 0. The van der Waals surface area contributed by atoms with E-state index in [4.69, 9.17) is 5.11 Å². The van der Waals surface area contributed by atoms with Crippen LogP contribution in [-0.2, 0) is 6.54 Å². The molecule has 0 spiro atoms. The monoisotopic (exact) mass is 169 g/mol. The van der Waals surface area contributed by atoms with Crippen LogP contribution >= 0.6 is 0 Å². The van der Waals surface area contributed by atoms with Crippen molar-refractivity contribution in [3.63, 3.8) is 0 Å². The number of hydrogen-bond acceptors (Lipinski definition) is 2. The SMILES string of the molecule is CN(C)Cc1ccc(O)c(F)c1. The fourth-order valence-corrected chi connectivity index (χ4v) is 1.01. The van der Waals surface area contributed by atoms with Crippen LogP contribution in [0.25, 0.3) is 0 Å². The number of aromatic hydroxyl groups is 1. The standard InChI is InChI=1S/C9H12FNO/c1-11(2)6-7-3-4-9(12)8(10)5-7/h3-5,12H,6H2,1-2H3. The highest BCUT2D eigenvalue weighted by molar-refractivity contribution is 5.27. The van der Waals surface area contributed by atoms with Crippen molar-refractivity contribution in [2.75, 3.05) is 14.1 Å². The second-order valence-corrected chi connectivity index (χ2v) is 3.02. The Bertz CT molecular complexity index is 273. The minimum atomic E-state index is -0.561. The van der Waals surface area contributed by atoms with Crippen molar-refractivity contribution in [2.24, 2.45) is 0 Å². The van der Waals surface area contributed by atoms with Gasteiger partial charge < -0.3 is 10.0 Å². The largest absolute Gasteiger partial charge is 0.505 e. The Morgan fingerprint density at radius 2 is 2.08 bits per heavy atom. The van der Waals surface area contributed by atoms with E-state index < -0.39 is 5.82 Å². The Balaban J connectivity index is 2.82. The number of hydrogen-bond donors (Lipinski definition) is 1.